The largest absolute Gasteiger partial charge is 0.467 e. The lowest BCUT2D eigenvalue weighted by atomic mass is 10.0. The molecule has 0 saturated carbocycles. The average Bonchev–Trinajstić information content (AvgIpc) is 3.31. The summed E-state index contributed by atoms with van der Waals surface area (Å²) in [6.07, 6.45) is 3.46. The molecule has 3 aromatic rings. The van der Waals surface area contributed by atoms with E-state index >= 15 is 0 Å². The van der Waals surface area contributed by atoms with Gasteiger partial charge in [0.1, 0.15) is 23.3 Å². The summed E-state index contributed by atoms with van der Waals surface area (Å²) in [5.74, 6) is 2.59. The van der Waals surface area contributed by atoms with Crippen LogP contribution >= 0.6 is 12.2 Å². The van der Waals surface area contributed by atoms with Gasteiger partial charge in [-0.2, -0.15) is 0 Å². The summed E-state index contributed by atoms with van der Waals surface area (Å²) in [5.41, 5.74) is 0.931. The van der Waals surface area contributed by atoms with Crippen molar-refractivity contribution < 1.29 is 8.83 Å². The van der Waals surface area contributed by atoms with Crippen LogP contribution in [0.4, 0.5) is 0 Å². The third-order valence-corrected chi connectivity index (χ3v) is 4.51. The van der Waals surface area contributed by atoms with Crippen LogP contribution in [0, 0.1) is 6.92 Å². The molecule has 122 valence electrons. The van der Waals surface area contributed by atoms with Gasteiger partial charge in [-0.15, -0.1) is 0 Å². The number of hydrogen-bond acceptors (Lipinski definition) is 4. The van der Waals surface area contributed by atoms with E-state index in [2.05, 4.69) is 15.2 Å². The minimum absolute atomic E-state index is 0.0702. The molecule has 0 bridgehead atoms. The molecule has 0 unspecified atom stereocenters. The van der Waals surface area contributed by atoms with Crippen molar-refractivity contribution in [3.05, 3.63) is 77.9 Å². The van der Waals surface area contributed by atoms with E-state index in [1.165, 1.54) is 0 Å². The first-order valence-corrected chi connectivity index (χ1v) is 8.20. The monoisotopic (exact) mass is 339 g/mol. The summed E-state index contributed by atoms with van der Waals surface area (Å²) in [4.78, 5) is 6.58. The molecule has 1 N–H and O–H groups in total. The number of aromatic nitrogens is 1. The second-order valence-electron chi connectivity index (χ2n) is 5.78. The van der Waals surface area contributed by atoms with Crippen molar-refractivity contribution in [1.29, 1.82) is 0 Å². The quantitative estimate of drug-likeness (QED) is 0.731. The first-order chi connectivity index (χ1) is 11.7. The summed E-state index contributed by atoms with van der Waals surface area (Å²) < 4.78 is 11.4. The predicted molar refractivity (Wildman–Crippen MR) is 93.1 cm³/mol. The van der Waals surface area contributed by atoms with E-state index in [0.29, 0.717) is 11.7 Å². The van der Waals surface area contributed by atoms with E-state index in [1.54, 1.807) is 12.5 Å². The third-order valence-electron chi connectivity index (χ3n) is 4.16. The van der Waals surface area contributed by atoms with Crippen LogP contribution in [0.5, 0.6) is 0 Å². The van der Waals surface area contributed by atoms with Gasteiger partial charge < -0.3 is 19.1 Å². The smallest absolute Gasteiger partial charge is 0.170 e. The molecule has 1 fully saturated rings. The molecule has 4 heterocycles. The Morgan fingerprint density at radius 1 is 1.21 bits per heavy atom. The van der Waals surface area contributed by atoms with Crippen LogP contribution < -0.4 is 5.32 Å². The lowest BCUT2D eigenvalue weighted by Crippen LogP contribution is -2.28. The van der Waals surface area contributed by atoms with E-state index in [0.717, 1.165) is 23.0 Å². The van der Waals surface area contributed by atoms with Crippen molar-refractivity contribution in [2.75, 3.05) is 0 Å². The topological polar surface area (TPSA) is 54.4 Å². The van der Waals surface area contributed by atoms with Gasteiger partial charge in [-0.1, -0.05) is 6.07 Å². The van der Waals surface area contributed by atoms with Gasteiger partial charge in [0, 0.05) is 6.20 Å². The van der Waals surface area contributed by atoms with Gasteiger partial charge in [-0.05, 0) is 55.5 Å². The number of pyridine rings is 1. The molecule has 2 atom stereocenters. The number of nitrogens with zero attached hydrogens (tertiary/aromatic N) is 2. The van der Waals surface area contributed by atoms with E-state index in [-0.39, 0.29) is 12.1 Å². The lowest BCUT2D eigenvalue weighted by Gasteiger charge is -2.25. The summed E-state index contributed by atoms with van der Waals surface area (Å²) in [6, 6.07) is 13.5. The van der Waals surface area contributed by atoms with Gasteiger partial charge in [-0.25, -0.2) is 0 Å². The van der Waals surface area contributed by atoms with Crippen LogP contribution in [-0.2, 0) is 6.54 Å². The highest BCUT2D eigenvalue weighted by Gasteiger charge is 2.41. The number of thiocarbonyl (C=S) groups is 1. The van der Waals surface area contributed by atoms with Crippen LogP contribution in [0.15, 0.2) is 63.8 Å². The molecule has 1 aliphatic heterocycles. The van der Waals surface area contributed by atoms with Crippen LogP contribution in [0.25, 0.3) is 0 Å². The first kappa shape index (κ1) is 15.0. The van der Waals surface area contributed by atoms with Crippen LogP contribution in [0.1, 0.15) is 35.1 Å². The molecule has 0 amide bonds. The van der Waals surface area contributed by atoms with E-state index in [9.17, 15) is 0 Å². The number of furan rings is 2. The molecule has 0 aromatic carbocycles. The fourth-order valence-electron chi connectivity index (χ4n) is 3.07. The van der Waals surface area contributed by atoms with Crippen molar-refractivity contribution in [3.63, 3.8) is 0 Å². The Balaban J connectivity index is 1.73. The van der Waals surface area contributed by atoms with Crippen molar-refractivity contribution >= 4 is 17.3 Å². The molecule has 24 heavy (non-hydrogen) atoms. The second kappa shape index (κ2) is 6.13. The zero-order valence-corrected chi connectivity index (χ0v) is 14.0. The Hall–Kier alpha value is -2.60. The zero-order valence-electron chi connectivity index (χ0n) is 13.2. The maximum absolute atomic E-state index is 5.92. The molecule has 0 radical (unpaired) electrons. The first-order valence-electron chi connectivity index (χ1n) is 7.79. The maximum Gasteiger partial charge on any atom is 0.170 e. The number of rotatable bonds is 4. The summed E-state index contributed by atoms with van der Waals surface area (Å²) in [6.45, 7) is 2.52. The molecule has 3 aromatic heterocycles. The Morgan fingerprint density at radius 3 is 2.79 bits per heavy atom. The zero-order chi connectivity index (χ0) is 16.5. The third kappa shape index (κ3) is 2.69. The van der Waals surface area contributed by atoms with Crippen molar-refractivity contribution in [2.24, 2.45) is 0 Å². The van der Waals surface area contributed by atoms with Gasteiger partial charge in [0.05, 0.1) is 24.5 Å². The molecule has 5 nitrogen and oxygen atoms in total. The SMILES string of the molecule is Cc1ccc([C@H]2[C@H](c3ccccn3)NC(=S)N2Cc2ccco2)o1. The van der Waals surface area contributed by atoms with E-state index in [1.807, 2.05) is 49.4 Å². The van der Waals surface area contributed by atoms with Crippen LogP contribution in [-0.4, -0.2) is 15.0 Å². The highest BCUT2D eigenvalue weighted by molar-refractivity contribution is 7.80. The van der Waals surface area contributed by atoms with Crippen molar-refractivity contribution in [1.82, 2.24) is 15.2 Å². The van der Waals surface area contributed by atoms with Gasteiger partial charge in [0.15, 0.2) is 5.11 Å². The Bertz CT molecular complexity index is 829. The second-order valence-corrected chi connectivity index (χ2v) is 6.17. The van der Waals surface area contributed by atoms with E-state index < -0.39 is 0 Å². The summed E-state index contributed by atoms with van der Waals surface area (Å²) in [7, 11) is 0. The number of hydrogen-bond donors (Lipinski definition) is 1. The van der Waals surface area contributed by atoms with Gasteiger partial charge >= 0.3 is 0 Å². The Morgan fingerprint density at radius 2 is 2.12 bits per heavy atom. The summed E-state index contributed by atoms with van der Waals surface area (Å²) >= 11 is 5.58. The molecular formula is C18H17N3O2S. The lowest BCUT2D eigenvalue weighted by molar-refractivity contribution is 0.249. The average molecular weight is 339 g/mol. The Kier molecular flexibility index (Phi) is 3.82. The molecule has 0 spiro atoms. The summed E-state index contributed by atoms with van der Waals surface area (Å²) in [5, 5.41) is 4.05. The molecule has 4 rings (SSSR count). The fourth-order valence-corrected chi connectivity index (χ4v) is 3.37. The maximum atomic E-state index is 5.92. The predicted octanol–water partition coefficient (Wildman–Crippen LogP) is 3.75. The number of nitrogens with one attached hydrogen (secondary N) is 1. The molecule has 6 heteroatoms. The molecule has 1 saturated heterocycles. The highest BCUT2D eigenvalue weighted by atomic mass is 32.1. The standard InChI is InChI=1S/C18H17N3O2S/c1-12-7-8-15(23-12)17-16(14-6-2-3-9-19-14)20-18(24)21(17)11-13-5-4-10-22-13/h2-10,16-17H,11H2,1H3,(H,20,24)/t16-,17-/m0/s1. The fraction of sp³-hybridized carbons (Fsp3) is 0.222. The molecule has 0 aliphatic carbocycles. The molecule has 1 aliphatic rings. The van der Waals surface area contributed by atoms with Gasteiger partial charge in [-0.3, -0.25) is 4.98 Å². The number of aryl methyl sites for hydroxylation is 1. The molecular weight excluding hydrogens is 322 g/mol. The minimum atomic E-state index is -0.0776. The van der Waals surface area contributed by atoms with E-state index in [4.69, 9.17) is 21.1 Å². The van der Waals surface area contributed by atoms with Crippen molar-refractivity contribution in [3.8, 4) is 0 Å². The van der Waals surface area contributed by atoms with Crippen LogP contribution in [0.2, 0.25) is 0 Å². The minimum Gasteiger partial charge on any atom is -0.467 e. The Labute approximate surface area is 145 Å². The van der Waals surface area contributed by atoms with Crippen LogP contribution in [0.3, 0.4) is 0 Å². The van der Waals surface area contributed by atoms with Gasteiger partial charge in [0.2, 0.25) is 0 Å². The van der Waals surface area contributed by atoms with Gasteiger partial charge in [0.25, 0.3) is 0 Å². The highest BCUT2D eigenvalue weighted by Crippen LogP contribution is 2.39. The normalized spacial score (nSPS) is 20.4. The van der Waals surface area contributed by atoms with Crippen molar-refractivity contribution in [2.45, 2.75) is 25.6 Å².